The van der Waals surface area contributed by atoms with Crippen LogP contribution < -0.4 is 14.5 Å². The lowest BCUT2D eigenvalue weighted by Gasteiger charge is -2.50. The summed E-state index contributed by atoms with van der Waals surface area (Å²) in [5.41, 5.74) is 2.06. The zero-order chi connectivity index (χ0) is 35.8. The number of carbonyl (C=O) groups is 4. The van der Waals surface area contributed by atoms with Gasteiger partial charge in [0.05, 0.1) is 46.7 Å². The first-order valence-electron chi connectivity index (χ1n) is 16.7. The summed E-state index contributed by atoms with van der Waals surface area (Å²) in [7, 11) is 1.41. The largest absolute Gasteiger partial charge is 0.503 e. The number of hydrogen-bond donors (Lipinski definition) is 1. The molecule has 2 saturated heterocycles. The summed E-state index contributed by atoms with van der Waals surface area (Å²) in [5, 5.41) is 11.1. The lowest BCUT2D eigenvalue weighted by molar-refractivity contribution is -0.127. The Balaban J connectivity index is 1.36. The summed E-state index contributed by atoms with van der Waals surface area (Å²) in [6, 6.07) is 26.1. The quantitative estimate of drug-likeness (QED) is 0.162. The van der Waals surface area contributed by atoms with Gasteiger partial charge in [0.25, 0.3) is 0 Å². The summed E-state index contributed by atoms with van der Waals surface area (Å²) in [4.78, 5) is 61.3. The van der Waals surface area contributed by atoms with Crippen LogP contribution in [0.5, 0.6) is 11.5 Å². The Labute approximate surface area is 304 Å². The second-order valence-electron chi connectivity index (χ2n) is 13.5. The Morgan fingerprint density at radius 2 is 1.59 bits per heavy atom. The lowest BCUT2D eigenvalue weighted by Crippen LogP contribution is -2.53. The molecule has 0 bridgehead atoms. The van der Waals surface area contributed by atoms with E-state index < -0.39 is 46.8 Å². The minimum absolute atomic E-state index is 0.00487. The Kier molecular flexibility index (Phi) is 7.92. The second-order valence-corrected chi connectivity index (χ2v) is 14.3. The number of hydrogen-bond acceptors (Lipinski definition) is 6. The molecule has 0 spiro atoms. The van der Waals surface area contributed by atoms with Gasteiger partial charge in [-0.3, -0.25) is 24.1 Å². The number of amides is 4. The molecule has 0 radical (unpaired) electrons. The summed E-state index contributed by atoms with van der Waals surface area (Å²) in [6.07, 6.45) is 4.06. The Morgan fingerprint density at radius 1 is 0.843 bits per heavy atom. The molecule has 0 aromatic heterocycles. The maximum atomic E-state index is 15.4. The van der Waals surface area contributed by atoms with Gasteiger partial charge in [-0.25, -0.2) is 4.90 Å². The number of imide groups is 2. The van der Waals surface area contributed by atoms with Gasteiger partial charge in [0.2, 0.25) is 23.6 Å². The van der Waals surface area contributed by atoms with Crippen molar-refractivity contribution in [3.63, 3.8) is 0 Å². The smallest absolute Gasteiger partial charge is 0.246 e. The van der Waals surface area contributed by atoms with Crippen molar-refractivity contribution >= 4 is 64.3 Å². The maximum absolute atomic E-state index is 15.4. The molecule has 2 aliphatic heterocycles. The van der Waals surface area contributed by atoms with E-state index in [2.05, 4.69) is 6.58 Å². The first kappa shape index (κ1) is 33.0. The van der Waals surface area contributed by atoms with Gasteiger partial charge in [-0.05, 0) is 77.9 Å². The van der Waals surface area contributed by atoms with Crippen molar-refractivity contribution in [1.82, 2.24) is 0 Å². The zero-order valence-electron chi connectivity index (χ0n) is 27.5. The van der Waals surface area contributed by atoms with Crippen LogP contribution in [0.25, 0.3) is 6.08 Å². The fraction of sp³-hybridized carbons (Fsp3) is 0.220. The monoisotopic (exact) mass is 718 g/mol. The highest BCUT2D eigenvalue weighted by molar-refractivity contribution is 6.33. The molecule has 1 N–H and O–H groups in total. The fourth-order valence-electron chi connectivity index (χ4n) is 9.05. The molecule has 51 heavy (non-hydrogen) atoms. The highest BCUT2D eigenvalue weighted by Gasteiger charge is 2.70. The van der Waals surface area contributed by atoms with Crippen molar-refractivity contribution in [2.75, 3.05) is 16.9 Å². The van der Waals surface area contributed by atoms with Crippen LogP contribution in [0.1, 0.15) is 35.4 Å². The van der Waals surface area contributed by atoms with E-state index in [1.54, 1.807) is 66.7 Å². The van der Waals surface area contributed by atoms with E-state index in [-0.39, 0.29) is 41.2 Å². The molecule has 256 valence electrons. The fourth-order valence-corrected chi connectivity index (χ4v) is 9.45. The van der Waals surface area contributed by atoms with E-state index in [0.29, 0.717) is 27.5 Å². The Bertz CT molecular complexity index is 2180. The Hall–Kier alpha value is -5.18. The van der Waals surface area contributed by atoms with Crippen LogP contribution in [-0.2, 0) is 24.6 Å². The van der Waals surface area contributed by atoms with Gasteiger partial charge < -0.3 is 9.84 Å². The second kappa shape index (κ2) is 12.2. The number of methoxy groups -OCH3 is 1. The van der Waals surface area contributed by atoms with Crippen LogP contribution >= 0.6 is 23.2 Å². The first-order valence-corrected chi connectivity index (χ1v) is 17.4. The van der Waals surface area contributed by atoms with Gasteiger partial charge >= 0.3 is 0 Å². The average Bonchev–Trinajstić information content (AvgIpc) is 3.53. The summed E-state index contributed by atoms with van der Waals surface area (Å²) < 4.78 is 5.53. The van der Waals surface area contributed by atoms with Crippen LogP contribution in [-0.4, -0.2) is 35.8 Å². The molecule has 8 nitrogen and oxygen atoms in total. The van der Waals surface area contributed by atoms with E-state index in [0.717, 1.165) is 11.1 Å². The number of anilines is 2. The number of allylic oxidation sites excluding steroid dienone is 2. The molecule has 2 heterocycles. The molecule has 4 aromatic carbocycles. The molecule has 8 rings (SSSR count). The highest BCUT2D eigenvalue weighted by Crippen LogP contribution is 2.65. The highest BCUT2D eigenvalue weighted by atomic mass is 35.5. The number of nitrogens with zero attached hydrogens (tertiary/aromatic N) is 2. The summed E-state index contributed by atoms with van der Waals surface area (Å²) in [6.45, 7) is 3.79. The first-order chi connectivity index (χ1) is 24.6. The van der Waals surface area contributed by atoms with Crippen LogP contribution in [0.2, 0.25) is 10.0 Å². The minimum atomic E-state index is -1.49. The number of rotatable bonds is 6. The topological polar surface area (TPSA) is 104 Å². The molecule has 3 fully saturated rings. The molecular formula is C41H32Cl2N2O6. The maximum Gasteiger partial charge on any atom is 0.246 e. The van der Waals surface area contributed by atoms with Crippen molar-refractivity contribution < 1.29 is 29.0 Å². The van der Waals surface area contributed by atoms with Gasteiger partial charge in [0, 0.05) is 10.9 Å². The normalized spacial score (nSPS) is 26.8. The number of phenols is 1. The third-order valence-electron chi connectivity index (χ3n) is 11.2. The molecule has 2 aliphatic carbocycles. The number of fused-ring (bicyclic) bond motifs is 4. The van der Waals surface area contributed by atoms with Crippen molar-refractivity contribution in [1.29, 1.82) is 0 Å². The number of benzene rings is 4. The molecule has 4 aliphatic rings. The van der Waals surface area contributed by atoms with Crippen LogP contribution in [0, 0.1) is 23.7 Å². The third kappa shape index (κ3) is 4.73. The van der Waals surface area contributed by atoms with E-state index in [9.17, 15) is 19.5 Å². The molecular weight excluding hydrogens is 687 g/mol. The van der Waals surface area contributed by atoms with Gasteiger partial charge in [-0.2, -0.15) is 0 Å². The predicted octanol–water partition coefficient (Wildman–Crippen LogP) is 7.72. The van der Waals surface area contributed by atoms with Crippen LogP contribution in [0.3, 0.4) is 0 Å². The molecule has 6 unspecified atom stereocenters. The van der Waals surface area contributed by atoms with Crippen molar-refractivity contribution in [3.8, 4) is 11.5 Å². The lowest BCUT2D eigenvalue weighted by atomic mass is 9.49. The summed E-state index contributed by atoms with van der Waals surface area (Å²) in [5.74, 6) is -5.45. The van der Waals surface area contributed by atoms with Gasteiger partial charge in [-0.1, -0.05) is 96.0 Å². The van der Waals surface area contributed by atoms with Crippen molar-refractivity contribution in [2.24, 2.45) is 23.7 Å². The van der Waals surface area contributed by atoms with Gasteiger partial charge in [0.15, 0.2) is 11.5 Å². The molecule has 1 saturated carbocycles. The van der Waals surface area contributed by atoms with E-state index in [4.69, 9.17) is 27.9 Å². The standard InChI is InChI=1S/C41H32Cl2N2O6/c1-3-22-12-14-26(15-13-22)44-37(47)29-17-16-28-30(34(29)39(44)49)21-31-38(48)45(27-11-7-10-25(42)20-27)40(50)41(31,24-8-5-4-6-9-24)35(28)23-18-32(43)36(46)33(19-23)51-2/h3-16,18-20,29-31,34-35,46H,1,17,21H2,2H3. The number of halogens is 2. The van der Waals surface area contributed by atoms with Crippen molar-refractivity contribution in [2.45, 2.75) is 24.2 Å². The predicted molar refractivity (Wildman–Crippen MR) is 195 cm³/mol. The number of aromatic hydroxyl groups is 1. The minimum Gasteiger partial charge on any atom is -0.503 e. The van der Waals surface area contributed by atoms with E-state index >= 15 is 4.79 Å². The van der Waals surface area contributed by atoms with Crippen LogP contribution in [0.4, 0.5) is 11.4 Å². The zero-order valence-corrected chi connectivity index (χ0v) is 29.0. The number of ether oxygens (including phenoxy) is 1. The summed E-state index contributed by atoms with van der Waals surface area (Å²) >= 11 is 13.0. The van der Waals surface area contributed by atoms with Crippen molar-refractivity contribution in [3.05, 3.63) is 136 Å². The molecule has 10 heteroatoms. The van der Waals surface area contributed by atoms with Gasteiger partial charge in [-0.15, -0.1) is 0 Å². The van der Waals surface area contributed by atoms with Gasteiger partial charge in [0.1, 0.15) is 0 Å². The number of carbonyl (C=O) groups excluding carboxylic acids is 4. The van der Waals surface area contributed by atoms with E-state index in [1.807, 2.05) is 36.4 Å². The SMILES string of the molecule is C=Cc1ccc(N2C(=O)C3CC=C4C(CC5C(=O)N(c6cccc(Cl)c6)C(=O)C5(c5ccccc5)C4c4cc(Cl)c(O)c(OC)c4)C3C2=O)cc1. The molecule has 4 aromatic rings. The molecule has 6 atom stereocenters. The third-order valence-corrected chi connectivity index (χ3v) is 11.7. The Morgan fingerprint density at radius 3 is 2.27 bits per heavy atom. The average molecular weight is 720 g/mol. The van der Waals surface area contributed by atoms with E-state index in [1.165, 1.54) is 16.9 Å². The molecule has 4 amide bonds. The number of phenolic OH excluding ortho intramolecular Hbond substituents is 1. The van der Waals surface area contributed by atoms with Crippen LogP contribution in [0.15, 0.2) is 109 Å².